The molecule has 0 saturated heterocycles. The SMILES string of the molecule is CC(=O)N[C@@H](Cc1ccccc1)C(=O)N[C@@H](Cc1ccccc1)C(=O)N[C@@H](Cc1ccccc1)C(=O)NCC(=O)O. The molecule has 10 nitrogen and oxygen atoms in total. The molecule has 0 aliphatic heterocycles. The third-order valence-electron chi connectivity index (χ3n) is 6.22. The van der Waals surface area contributed by atoms with Crippen LogP contribution < -0.4 is 21.3 Å². The molecule has 214 valence electrons. The summed E-state index contributed by atoms with van der Waals surface area (Å²) < 4.78 is 0. The molecule has 0 fully saturated rings. The molecule has 0 unspecified atom stereocenters. The minimum atomic E-state index is -1.22. The second kappa shape index (κ2) is 15.6. The van der Waals surface area contributed by atoms with E-state index in [9.17, 15) is 24.0 Å². The van der Waals surface area contributed by atoms with Crippen molar-refractivity contribution < 1.29 is 29.1 Å². The number of nitrogens with one attached hydrogen (secondary N) is 4. The van der Waals surface area contributed by atoms with Crippen molar-refractivity contribution in [2.24, 2.45) is 0 Å². The Balaban J connectivity index is 1.84. The Morgan fingerprint density at radius 1 is 0.561 bits per heavy atom. The van der Waals surface area contributed by atoms with Gasteiger partial charge in [-0.1, -0.05) is 91.0 Å². The van der Waals surface area contributed by atoms with Crippen LogP contribution in [-0.2, 0) is 43.2 Å². The van der Waals surface area contributed by atoms with Crippen molar-refractivity contribution in [3.8, 4) is 0 Å². The lowest BCUT2D eigenvalue weighted by Gasteiger charge is -2.25. The first-order valence-electron chi connectivity index (χ1n) is 13.2. The van der Waals surface area contributed by atoms with Crippen molar-refractivity contribution in [2.75, 3.05) is 6.54 Å². The highest BCUT2D eigenvalue weighted by molar-refractivity contribution is 5.95. The smallest absolute Gasteiger partial charge is 0.322 e. The second-order valence-corrected chi connectivity index (χ2v) is 9.56. The maximum atomic E-state index is 13.6. The number of carboxylic acids is 1. The maximum Gasteiger partial charge on any atom is 0.322 e. The topological polar surface area (TPSA) is 154 Å². The van der Waals surface area contributed by atoms with E-state index >= 15 is 0 Å². The predicted molar refractivity (Wildman–Crippen MR) is 153 cm³/mol. The molecule has 3 aromatic rings. The molecule has 10 heteroatoms. The molecule has 0 heterocycles. The summed E-state index contributed by atoms with van der Waals surface area (Å²) in [5, 5.41) is 19.4. The molecule has 3 atom stereocenters. The Morgan fingerprint density at radius 2 is 0.902 bits per heavy atom. The Bertz CT molecular complexity index is 1320. The van der Waals surface area contributed by atoms with Crippen LogP contribution in [0.3, 0.4) is 0 Å². The molecule has 5 N–H and O–H groups in total. The number of aliphatic carboxylic acids is 1. The van der Waals surface area contributed by atoms with Crippen LogP contribution in [0.5, 0.6) is 0 Å². The fourth-order valence-electron chi connectivity index (χ4n) is 4.25. The van der Waals surface area contributed by atoms with E-state index in [4.69, 9.17) is 5.11 Å². The summed E-state index contributed by atoms with van der Waals surface area (Å²) in [7, 11) is 0. The number of hydrogen-bond acceptors (Lipinski definition) is 5. The zero-order chi connectivity index (χ0) is 29.6. The van der Waals surface area contributed by atoms with E-state index in [-0.39, 0.29) is 19.3 Å². The van der Waals surface area contributed by atoms with Gasteiger partial charge in [0.1, 0.15) is 24.7 Å². The molecule has 4 amide bonds. The van der Waals surface area contributed by atoms with Gasteiger partial charge in [-0.2, -0.15) is 0 Å². The minimum Gasteiger partial charge on any atom is -0.480 e. The predicted octanol–water partition coefficient (Wildman–Crippen LogP) is 1.39. The van der Waals surface area contributed by atoms with Crippen LogP contribution in [0.2, 0.25) is 0 Å². The van der Waals surface area contributed by atoms with E-state index in [2.05, 4.69) is 21.3 Å². The zero-order valence-electron chi connectivity index (χ0n) is 22.7. The first kappa shape index (κ1) is 30.6. The Morgan fingerprint density at radius 3 is 1.24 bits per heavy atom. The van der Waals surface area contributed by atoms with E-state index in [1.165, 1.54) is 6.92 Å². The summed E-state index contributed by atoms with van der Waals surface area (Å²) in [4.78, 5) is 62.9. The highest BCUT2D eigenvalue weighted by Crippen LogP contribution is 2.09. The van der Waals surface area contributed by atoms with Crippen molar-refractivity contribution in [1.82, 2.24) is 21.3 Å². The lowest BCUT2D eigenvalue weighted by atomic mass is 10.0. The monoisotopic (exact) mass is 558 g/mol. The molecule has 0 bridgehead atoms. The van der Waals surface area contributed by atoms with Gasteiger partial charge >= 0.3 is 5.97 Å². The molecule has 0 spiro atoms. The average Bonchev–Trinajstić information content (AvgIpc) is 2.96. The van der Waals surface area contributed by atoms with Gasteiger partial charge in [-0.25, -0.2) is 0 Å². The molecular weight excluding hydrogens is 524 g/mol. The van der Waals surface area contributed by atoms with E-state index < -0.39 is 54.3 Å². The van der Waals surface area contributed by atoms with Gasteiger partial charge in [-0.15, -0.1) is 0 Å². The van der Waals surface area contributed by atoms with Crippen LogP contribution in [0.4, 0.5) is 0 Å². The molecule has 0 aliphatic rings. The van der Waals surface area contributed by atoms with Crippen LogP contribution in [0.1, 0.15) is 23.6 Å². The fourth-order valence-corrected chi connectivity index (χ4v) is 4.25. The molecule has 3 aromatic carbocycles. The average molecular weight is 559 g/mol. The van der Waals surface area contributed by atoms with Gasteiger partial charge in [0.05, 0.1) is 0 Å². The zero-order valence-corrected chi connectivity index (χ0v) is 22.7. The Hall–Kier alpha value is -4.99. The maximum absolute atomic E-state index is 13.6. The van der Waals surface area contributed by atoms with Crippen LogP contribution >= 0.6 is 0 Å². The van der Waals surface area contributed by atoms with E-state index in [1.54, 1.807) is 36.4 Å². The van der Waals surface area contributed by atoms with Crippen molar-refractivity contribution >= 4 is 29.6 Å². The summed E-state index contributed by atoms with van der Waals surface area (Å²) in [6, 6.07) is 24.0. The number of carbonyl (C=O) groups is 5. The van der Waals surface area contributed by atoms with Gasteiger partial charge < -0.3 is 26.4 Å². The van der Waals surface area contributed by atoms with Crippen molar-refractivity contribution in [3.05, 3.63) is 108 Å². The van der Waals surface area contributed by atoms with Gasteiger partial charge in [-0.05, 0) is 16.7 Å². The normalized spacial score (nSPS) is 12.7. The van der Waals surface area contributed by atoms with Crippen molar-refractivity contribution in [3.63, 3.8) is 0 Å². The summed E-state index contributed by atoms with van der Waals surface area (Å²) in [6.45, 7) is 0.700. The quantitative estimate of drug-likeness (QED) is 0.202. The lowest BCUT2D eigenvalue weighted by molar-refractivity contribution is -0.138. The number of hydrogen-bond donors (Lipinski definition) is 5. The van der Waals surface area contributed by atoms with Gasteiger partial charge in [0.2, 0.25) is 23.6 Å². The Labute approximate surface area is 238 Å². The van der Waals surface area contributed by atoms with Gasteiger partial charge in [0.15, 0.2) is 0 Å². The molecule has 0 radical (unpaired) electrons. The molecular formula is C31H34N4O6. The number of benzene rings is 3. The summed E-state index contributed by atoms with van der Waals surface area (Å²) >= 11 is 0. The van der Waals surface area contributed by atoms with Crippen LogP contribution in [0, 0.1) is 0 Å². The van der Waals surface area contributed by atoms with Gasteiger partial charge in [-0.3, -0.25) is 24.0 Å². The third-order valence-corrected chi connectivity index (χ3v) is 6.22. The number of amides is 4. The van der Waals surface area contributed by atoms with E-state index in [0.717, 1.165) is 16.7 Å². The first-order chi connectivity index (χ1) is 19.7. The highest BCUT2D eigenvalue weighted by atomic mass is 16.4. The largest absolute Gasteiger partial charge is 0.480 e. The minimum absolute atomic E-state index is 0.104. The molecule has 0 aliphatic carbocycles. The van der Waals surface area contributed by atoms with Crippen molar-refractivity contribution in [1.29, 1.82) is 0 Å². The Kier molecular flexibility index (Phi) is 11.6. The van der Waals surface area contributed by atoms with Gasteiger partial charge in [0, 0.05) is 26.2 Å². The lowest BCUT2D eigenvalue weighted by Crippen LogP contribution is -2.58. The molecule has 0 aromatic heterocycles. The van der Waals surface area contributed by atoms with Crippen molar-refractivity contribution in [2.45, 2.75) is 44.3 Å². The van der Waals surface area contributed by atoms with E-state index in [1.807, 2.05) is 54.6 Å². The van der Waals surface area contributed by atoms with Gasteiger partial charge in [0.25, 0.3) is 0 Å². The molecule has 41 heavy (non-hydrogen) atoms. The van der Waals surface area contributed by atoms with Crippen LogP contribution in [0.15, 0.2) is 91.0 Å². The molecule has 3 rings (SSSR count). The second-order valence-electron chi connectivity index (χ2n) is 9.56. The van der Waals surface area contributed by atoms with E-state index in [0.29, 0.717) is 0 Å². The number of rotatable bonds is 14. The first-order valence-corrected chi connectivity index (χ1v) is 13.2. The van der Waals surface area contributed by atoms with Crippen LogP contribution in [-0.4, -0.2) is 59.4 Å². The molecule has 0 saturated carbocycles. The number of carboxylic acid groups (broad SMARTS) is 1. The third kappa shape index (κ3) is 10.6. The highest BCUT2D eigenvalue weighted by Gasteiger charge is 2.30. The summed E-state index contributed by atoms with van der Waals surface area (Å²) in [6.07, 6.45) is 0.429. The summed E-state index contributed by atoms with van der Waals surface area (Å²) in [5.74, 6) is -3.48. The fraction of sp³-hybridized carbons (Fsp3) is 0.258. The summed E-state index contributed by atoms with van der Waals surface area (Å²) in [5.41, 5.74) is 2.34. The van der Waals surface area contributed by atoms with Crippen LogP contribution in [0.25, 0.3) is 0 Å². The standard InChI is InChI=1S/C31H34N4O6/c1-21(36)33-26(18-23-13-7-3-8-14-23)30(40)35-27(19-24-15-9-4-10-16-24)31(41)34-25(29(39)32-20-28(37)38)17-22-11-5-2-6-12-22/h2-16,25-27H,17-20H2,1H3,(H,32,39)(H,33,36)(H,34,41)(H,35,40)(H,37,38)/t25-,26-,27-/m0/s1. The number of carbonyl (C=O) groups excluding carboxylic acids is 4.